The van der Waals surface area contributed by atoms with Gasteiger partial charge in [-0.1, -0.05) is 0 Å². The van der Waals surface area contributed by atoms with Crippen molar-refractivity contribution >= 4 is 9.84 Å². The monoisotopic (exact) mass is 147 g/mol. The lowest BCUT2D eigenvalue weighted by Gasteiger charge is -1.95. The van der Waals surface area contributed by atoms with Crippen LogP contribution in [0.4, 0.5) is 0 Å². The molecule has 9 heavy (non-hydrogen) atoms. The summed E-state index contributed by atoms with van der Waals surface area (Å²) in [7, 11) is -2.66. The van der Waals surface area contributed by atoms with Gasteiger partial charge in [0, 0.05) is 6.04 Å². The first-order chi connectivity index (χ1) is 4.10. The molecule has 0 bridgehead atoms. The fourth-order valence-corrected chi connectivity index (χ4v) is 3.85. The number of hydrogen-bond acceptors (Lipinski definition) is 3. The van der Waals surface area contributed by atoms with Gasteiger partial charge >= 0.3 is 0 Å². The van der Waals surface area contributed by atoms with Crippen LogP contribution < -0.4 is 5.73 Å². The SMILES string of the molecule is N[C@@H]1[C@H]2CS(=O)(=O)C[C@@H]12. The highest BCUT2D eigenvalue weighted by molar-refractivity contribution is 7.91. The van der Waals surface area contributed by atoms with Gasteiger partial charge in [0.15, 0.2) is 9.84 Å². The molecule has 0 unspecified atom stereocenters. The van der Waals surface area contributed by atoms with Gasteiger partial charge in [0.05, 0.1) is 11.5 Å². The number of fused-ring (bicyclic) bond motifs is 1. The maximum atomic E-state index is 10.8. The van der Waals surface area contributed by atoms with E-state index < -0.39 is 9.84 Å². The van der Waals surface area contributed by atoms with Gasteiger partial charge in [-0.05, 0) is 11.8 Å². The third-order valence-electron chi connectivity index (χ3n) is 2.29. The molecule has 3 atom stereocenters. The third kappa shape index (κ3) is 0.697. The van der Waals surface area contributed by atoms with Gasteiger partial charge in [-0.3, -0.25) is 0 Å². The molecule has 2 rings (SSSR count). The minimum atomic E-state index is -2.66. The second-order valence-corrected chi connectivity index (χ2v) is 5.14. The highest BCUT2D eigenvalue weighted by Crippen LogP contribution is 2.44. The van der Waals surface area contributed by atoms with Crippen molar-refractivity contribution in [3.8, 4) is 0 Å². The summed E-state index contributed by atoms with van der Waals surface area (Å²) in [5.74, 6) is 1.32. The molecule has 1 aliphatic heterocycles. The number of rotatable bonds is 0. The molecule has 0 spiro atoms. The van der Waals surface area contributed by atoms with Crippen LogP contribution in [0.2, 0.25) is 0 Å². The van der Waals surface area contributed by atoms with Crippen LogP contribution in [-0.2, 0) is 9.84 Å². The van der Waals surface area contributed by atoms with Gasteiger partial charge in [0.25, 0.3) is 0 Å². The summed E-state index contributed by atoms with van der Waals surface area (Å²) in [5, 5.41) is 0. The van der Waals surface area contributed by atoms with E-state index in [4.69, 9.17) is 5.73 Å². The van der Waals surface area contributed by atoms with Crippen molar-refractivity contribution in [2.45, 2.75) is 6.04 Å². The zero-order valence-corrected chi connectivity index (χ0v) is 5.76. The molecule has 0 amide bonds. The van der Waals surface area contributed by atoms with Crippen molar-refractivity contribution in [1.29, 1.82) is 0 Å². The van der Waals surface area contributed by atoms with Crippen LogP contribution in [0.1, 0.15) is 0 Å². The van der Waals surface area contributed by atoms with E-state index in [0.29, 0.717) is 23.3 Å². The fourth-order valence-electron chi connectivity index (χ4n) is 1.60. The number of nitrogens with two attached hydrogens (primary N) is 1. The van der Waals surface area contributed by atoms with Gasteiger partial charge < -0.3 is 5.73 Å². The van der Waals surface area contributed by atoms with Crippen molar-refractivity contribution < 1.29 is 8.42 Å². The van der Waals surface area contributed by atoms with E-state index in [1.54, 1.807) is 0 Å². The molecule has 2 N–H and O–H groups in total. The Bertz CT molecular complexity index is 215. The molecule has 3 nitrogen and oxygen atoms in total. The molecule has 0 aromatic carbocycles. The van der Waals surface area contributed by atoms with Crippen molar-refractivity contribution in [3.05, 3.63) is 0 Å². The molecule has 1 heterocycles. The minimum absolute atomic E-state index is 0.202. The average Bonchev–Trinajstić information content (AvgIpc) is 2.26. The maximum absolute atomic E-state index is 10.8. The Hall–Kier alpha value is -0.0900. The molecule has 0 aromatic heterocycles. The largest absolute Gasteiger partial charge is 0.327 e. The van der Waals surface area contributed by atoms with E-state index in [-0.39, 0.29) is 6.04 Å². The molecule has 2 aliphatic rings. The second-order valence-electron chi connectivity index (χ2n) is 2.98. The number of sulfone groups is 1. The van der Waals surface area contributed by atoms with E-state index in [0.717, 1.165) is 0 Å². The van der Waals surface area contributed by atoms with Gasteiger partial charge in [0.1, 0.15) is 0 Å². The van der Waals surface area contributed by atoms with Crippen LogP contribution in [0.25, 0.3) is 0 Å². The van der Waals surface area contributed by atoms with Crippen LogP contribution in [0.5, 0.6) is 0 Å². The highest BCUT2D eigenvalue weighted by Gasteiger charge is 2.56. The summed E-state index contributed by atoms with van der Waals surface area (Å²) in [5.41, 5.74) is 5.53. The van der Waals surface area contributed by atoms with Crippen molar-refractivity contribution in [1.82, 2.24) is 0 Å². The molecule has 1 aliphatic carbocycles. The summed E-state index contributed by atoms with van der Waals surface area (Å²) >= 11 is 0. The lowest BCUT2D eigenvalue weighted by molar-refractivity contribution is 0.595. The first-order valence-corrected chi connectivity index (χ1v) is 4.88. The fraction of sp³-hybridized carbons (Fsp3) is 1.00. The smallest absolute Gasteiger partial charge is 0.151 e. The van der Waals surface area contributed by atoms with E-state index >= 15 is 0 Å². The first kappa shape index (κ1) is 5.68. The van der Waals surface area contributed by atoms with Gasteiger partial charge in [0.2, 0.25) is 0 Å². The predicted octanol–water partition coefficient (Wildman–Crippen LogP) is -1.01. The molecule has 0 aromatic rings. The lowest BCUT2D eigenvalue weighted by Crippen LogP contribution is -2.17. The Morgan fingerprint density at radius 2 is 1.67 bits per heavy atom. The Morgan fingerprint density at radius 3 is 2.00 bits per heavy atom. The molecule has 4 heteroatoms. The normalized spacial score (nSPS) is 52.8. The highest BCUT2D eigenvalue weighted by atomic mass is 32.2. The second kappa shape index (κ2) is 1.32. The minimum Gasteiger partial charge on any atom is -0.327 e. The van der Waals surface area contributed by atoms with Gasteiger partial charge in [-0.2, -0.15) is 0 Å². The topological polar surface area (TPSA) is 60.2 Å². The first-order valence-electron chi connectivity index (χ1n) is 3.06. The van der Waals surface area contributed by atoms with Crippen molar-refractivity contribution in [2.24, 2.45) is 17.6 Å². The maximum Gasteiger partial charge on any atom is 0.151 e. The molecule has 1 saturated heterocycles. The zero-order valence-electron chi connectivity index (χ0n) is 4.95. The zero-order chi connectivity index (χ0) is 6.65. The lowest BCUT2D eigenvalue weighted by atomic mass is 10.4. The van der Waals surface area contributed by atoms with Crippen molar-refractivity contribution in [3.63, 3.8) is 0 Å². The predicted molar refractivity (Wildman–Crippen MR) is 33.6 cm³/mol. The summed E-state index contributed by atoms with van der Waals surface area (Å²) in [6, 6.07) is 0.202. The summed E-state index contributed by atoms with van der Waals surface area (Å²) in [6.07, 6.45) is 0. The van der Waals surface area contributed by atoms with E-state index in [2.05, 4.69) is 0 Å². The molecular weight excluding hydrogens is 138 g/mol. The Kier molecular flexibility index (Phi) is 0.833. The Morgan fingerprint density at radius 1 is 1.22 bits per heavy atom. The summed E-state index contributed by atoms with van der Waals surface area (Å²) in [6.45, 7) is 0. The average molecular weight is 147 g/mol. The summed E-state index contributed by atoms with van der Waals surface area (Å²) < 4.78 is 21.5. The van der Waals surface area contributed by atoms with Crippen molar-refractivity contribution in [2.75, 3.05) is 11.5 Å². The standard InChI is InChI=1S/C5H9NO2S/c6-5-3-1-9(7,8)2-4(3)5/h3-5H,1-2,6H2/t3-,4+,5+. The van der Waals surface area contributed by atoms with Crippen LogP contribution in [0.3, 0.4) is 0 Å². The third-order valence-corrected chi connectivity index (χ3v) is 4.08. The molecule has 52 valence electrons. The molecular formula is C5H9NO2S. The van der Waals surface area contributed by atoms with Gasteiger partial charge in [-0.25, -0.2) is 8.42 Å². The molecule has 0 radical (unpaired) electrons. The van der Waals surface area contributed by atoms with Crippen LogP contribution in [0.15, 0.2) is 0 Å². The quantitative estimate of drug-likeness (QED) is 0.477. The van der Waals surface area contributed by atoms with E-state index in [1.165, 1.54) is 0 Å². The number of hydrogen-bond donors (Lipinski definition) is 1. The Labute approximate surface area is 54.2 Å². The van der Waals surface area contributed by atoms with E-state index in [9.17, 15) is 8.42 Å². The molecule has 1 saturated carbocycles. The Balaban J connectivity index is 2.21. The van der Waals surface area contributed by atoms with Crippen LogP contribution in [0, 0.1) is 11.8 Å². The van der Waals surface area contributed by atoms with E-state index in [1.807, 2.05) is 0 Å². The summed E-state index contributed by atoms with van der Waals surface area (Å²) in [4.78, 5) is 0. The van der Waals surface area contributed by atoms with Gasteiger partial charge in [-0.15, -0.1) is 0 Å². The van der Waals surface area contributed by atoms with Crippen LogP contribution >= 0.6 is 0 Å². The molecule has 2 fully saturated rings. The van der Waals surface area contributed by atoms with Crippen LogP contribution in [-0.4, -0.2) is 26.0 Å².